The summed E-state index contributed by atoms with van der Waals surface area (Å²) in [4.78, 5) is 15.8. The Balaban J connectivity index is 0.00000144. The van der Waals surface area contributed by atoms with Crippen molar-refractivity contribution in [2.45, 2.75) is 19.9 Å². The Morgan fingerprint density at radius 1 is 1.53 bits per heavy atom. The largest absolute Gasteiger partial charge is 0.320 e. The highest BCUT2D eigenvalue weighted by molar-refractivity contribution is 7.22. The van der Waals surface area contributed by atoms with Gasteiger partial charge in [-0.15, -0.1) is 12.4 Å². The molecule has 0 bridgehead atoms. The number of anilines is 1. The number of hydrogen-bond acceptors (Lipinski definition) is 4. The van der Waals surface area contributed by atoms with Gasteiger partial charge in [0.2, 0.25) is 5.91 Å². The molecule has 0 fully saturated rings. The number of nitrogens with two attached hydrogens (primary N) is 1. The lowest BCUT2D eigenvalue weighted by Crippen LogP contribution is -2.32. The molecule has 0 aliphatic heterocycles. The van der Waals surface area contributed by atoms with Gasteiger partial charge in [0, 0.05) is 0 Å². The number of nitrogens with one attached hydrogen (secondary N) is 1. The van der Waals surface area contributed by atoms with Gasteiger partial charge in [0.25, 0.3) is 0 Å². The number of thiazole rings is 1. The highest BCUT2D eigenvalue weighted by Gasteiger charge is 2.11. The molecule has 0 radical (unpaired) electrons. The molecule has 1 atom stereocenters. The molecule has 1 amide bonds. The number of aryl methyl sites for hydroxylation is 1. The van der Waals surface area contributed by atoms with Gasteiger partial charge in [-0.3, -0.25) is 4.79 Å². The van der Waals surface area contributed by atoms with Crippen molar-refractivity contribution in [1.29, 1.82) is 0 Å². The van der Waals surface area contributed by atoms with Crippen molar-refractivity contribution in [2.24, 2.45) is 5.73 Å². The fourth-order valence-corrected chi connectivity index (χ4v) is 2.31. The summed E-state index contributed by atoms with van der Waals surface area (Å²) in [5, 5.41) is 3.30. The molecule has 17 heavy (non-hydrogen) atoms. The van der Waals surface area contributed by atoms with Crippen molar-refractivity contribution in [3.05, 3.63) is 23.8 Å². The fraction of sp³-hybridized carbons (Fsp3) is 0.273. The Hall–Kier alpha value is -1.17. The molecule has 6 heteroatoms. The van der Waals surface area contributed by atoms with Crippen molar-refractivity contribution in [1.82, 2.24) is 4.98 Å². The maximum Gasteiger partial charge on any atom is 0.242 e. The lowest BCUT2D eigenvalue weighted by atomic mass is 10.2. The maximum atomic E-state index is 11.4. The van der Waals surface area contributed by atoms with Crippen LogP contribution in [0.3, 0.4) is 0 Å². The number of para-hydroxylation sites is 1. The smallest absolute Gasteiger partial charge is 0.242 e. The number of rotatable bonds is 2. The van der Waals surface area contributed by atoms with E-state index in [4.69, 9.17) is 5.73 Å². The predicted molar refractivity (Wildman–Crippen MR) is 73.9 cm³/mol. The lowest BCUT2D eigenvalue weighted by molar-refractivity contribution is -0.117. The second-order valence-electron chi connectivity index (χ2n) is 3.72. The van der Waals surface area contributed by atoms with E-state index in [1.807, 2.05) is 25.1 Å². The Morgan fingerprint density at radius 3 is 2.82 bits per heavy atom. The summed E-state index contributed by atoms with van der Waals surface area (Å²) >= 11 is 1.46. The molecule has 0 saturated heterocycles. The number of aromatic nitrogens is 1. The standard InChI is InChI=1S/C11H13N3OS.ClH/c1-6-4-3-5-8-9(6)13-11(16-8)14-10(15)7(2)12;/h3-5,7H,12H2,1-2H3,(H,13,14,15);1H. The van der Waals surface area contributed by atoms with E-state index in [-0.39, 0.29) is 18.3 Å². The zero-order valence-corrected chi connectivity index (χ0v) is 11.2. The summed E-state index contributed by atoms with van der Waals surface area (Å²) in [5.41, 5.74) is 7.52. The van der Waals surface area contributed by atoms with Crippen molar-refractivity contribution in [3.8, 4) is 0 Å². The van der Waals surface area contributed by atoms with E-state index in [1.165, 1.54) is 11.3 Å². The van der Waals surface area contributed by atoms with Crippen LogP contribution in [-0.4, -0.2) is 16.9 Å². The molecule has 0 aliphatic rings. The summed E-state index contributed by atoms with van der Waals surface area (Å²) in [6.45, 7) is 3.65. The zero-order valence-electron chi connectivity index (χ0n) is 9.56. The maximum absolute atomic E-state index is 11.4. The third kappa shape index (κ3) is 2.94. The Morgan fingerprint density at radius 2 is 2.24 bits per heavy atom. The van der Waals surface area contributed by atoms with Crippen molar-refractivity contribution in [3.63, 3.8) is 0 Å². The highest BCUT2D eigenvalue weighted by atomic mass is 35.5. The van der Waals surface area contributed by atoms with Crippen LogP contribution < -0.4 is 11.1 Å². The molecule has 0 spiro atoms. The predicted octanol–water partition coefficient (Wildman–Crippen LogP) is 2.31. The summed E-state index contributed by atoms with van der Waals surface area (Å²) < 4.78 is 1.07. The lowest BCUT2D eigenvalue weighted by Gasteiger charge is -2.03. The first-order chi connectivity index (χ1) is 7.58. The number of carbonyl (C=O) groups is 1. The Bertz CT molecular complexity index is 538. The number of nitrogens with zero attached hydrogens (tertiary/aromatic N) is 1. The van der Waals surface area contributed by atoms with E-state index in [9.17, 15) is 4.79 Å². The molecule has 92 valence electrons. The summed E-state index contributed by atoms with van der Waals surface area (Å²) in [6.07, 6.45) is 0. The molecule has 3 N–H and O–H groups in total. The van der Waals surface area contributed by atoms with Crippen molar-refractivity contribution in [2.75, 3.05) is 5.32 Å². The first-order valence-corrected chi connectivity index (χ1v) is 5.82. The normalized spacial score (nSPS) is 11.9. The van der Waals surface area contributed by atoms with Gasteiger partial charge >= 0.3 is 0 Å². The number of fused-ring (bicyclic) bond motifs is 1. The van der Waals surface area contributed by atoms with Crippen LogP contribution in [0.5, 0.6) is 0 Å². The first kappa shape index (κ1) is 13.9. The molecule has 1 heterocycles. The minimum atomic E-state index is -0.520. The van der Waals surface area contributed by atoms with Crippen LogP contribution in [-0.2, 0) is 4.79 Å². The van der Waals surface area contributed by atoms with Crippen LogP contribution >= 0.6 is 23.7 Å². The number of halogens is 1. The number of benzene rings is 1. The molecule has 2 aromatic rings. The fourth-order valence-electron chi connectivity index (χ4n) is 1.36. The third-order valence-electron chi connectivity index (χ3n) is 2.26. The molecule has 1 aromatic carbocycles. The van der Waals surface area contributed by atoms with Gasteiger partial charge in [-0.25, -0.2) is 4.98 Å². The summed E-state index contributed by atoms with van der Waals surface area (Å²) in [5.74, 6) is -0.211. The number of amides is 1. The SMILES string of the molecule is Cc1cccc2sc(NC(=O)C(C)N)nc12.Cl. The molecule has 4 nitrogen and oxygen atoms in total. The van der Waals surface area contributed by atoms with E-state index in [0.29, 0.717) is 5.13 Å². The van der Waals surface area contributed by atoms with Gasteiger partial charge < -0.3 is 11.1 Å². The molecular formula is C11H14ClN3OS. The van der Waals surface area contributed by atoms with Crippen LogP contribution in [0.4, 0.5) is 5.13 Å². The number of carbonyl (C=O) groups excluding carboxylic acids is 1. The minimum absolute atomic E-state index is 0. The molecule has 0 aliphatic carbocycles. The van der Waals surface area contributed by atoms with Crippen LogP contribution in [0, 0.1) is 6.92 Å². The van der Waals surface area contributed by atoms with E-state index >= 15 is 0 Å². The average Bonchev–Trinajstić information content (AvgIpc) is 2.61. The Labute approximate surface area is 110 Å². The third-order valence-corrected chi connectivity index (χ3v) is 3.20. The van der Waals surface area contributed by atoms with Gasteiger partial charge in [0.15, 0.2) is 5.13 Å². The van der Waals surface area contributed by atoms with Crippen molar-refractivity contribution >= 4 is 45.0 Å². The minimum Gasteiger partial charge on any atom is -0.320 e. The quantitative estimate of drug-likeness (QED) is 0.881. The van der Waals surface area contributed by atoms with E-state index in [2.05, 4.69) is 10.3 Å². The van der Waals surface area contributed by atoms with Crippen LogP contribution in [0.15, 0.2) is 18.2 Å². The van der Waals surface area contributed by atoms with E-state index < -0.39 is 6.04 Å². The summed E-state index contributed by atoms with van der Waals surface area (Å²) in [6, 6.07) is 5.45. The van der Waals surface area contributed by atoms with E-state index in [0.717, 1.165) is 15.8 Å². The molecule has 2 rings (SSSR count). The molecule has 1 unspecified atom stereocenters. The van der Waals surface area contributed by atoms with Crippen LogP contribution in [0.25, 0.3) is 10.2 Å². The zero-order chi connectivity index (χ0) is 11.7. The monoisotopic (exact) mass is 271 g/mol. The van der Waals surface area contributed by atoms with E-state index in [1.54, 1.807) is 6.92 Å². The summed E-state index contributed by atoms with van der Waals surface area (Å²) in [7, 11) is 0. The van der Waals surface area contributed by atoms with Crippen molar-refractivity contribution < 1.29 is 4.79 Å². The highest BCUT2D eigenvalue weighted by Crippen LogP contribution is 2.27. The molecular weight excluding hydrogens is 258 g/mol. The van der Waals surface area contributed by atoms with Gasteiger partial charge in [-0.1, -0.05) is 23.5 Å². The second-order valence-corrected chi connectivity index (χ2v) is 4.75. The second kappa shape index (κ2) is 5.44. The van der Waals surface area contributed by atoms with Gasteiger partial charge in [0.1, 0.15) is 0 Å². The topological polar surface area (TPSA) is 68.0 Å². The Kier molecular flexibility index (Phi) is 4.45. The average molecular weight is 272 g/mol. The molecule has 1 aromatic heterocycles. The molecule has 0 saturated carbocycles. The van der Waals surface area contributed by atoms with Crippen LogP contribution in [0.1, 0.15) is 12.5 Å². The first-order valence-electron chi connectivity index (χ1n) is 5.00. The van der Waals surface area contributed by atoms with Crippen LogP contribution in [0.2, 0.25) is 0 Å². The number of hydrogen-bond donors (Lipinski definition) is 2. The van der Waals surface area contributed by atoms with Gasteiger partial charge in [0.05, 0.1) is 16.3 Å². The van der Waals surface area contributed by atoms with Gasteiger partial charge in [-0.05, 0) is 25.5 Å². The van der Waals surface area contributed by atoms with Gasteiger partial charge in [-0.2, -0.15) is 0 Å².